The number of imidazole rings is 1. The maximum Gasteiger partial charge on any atom is 0.137 e. The Kier molecular flexibility index (Phi) is 2.82. The average molecular weight is 230 g/mol. The molecule has 1 atom stereocenters. The van der Waals surface area contributed by atoms with E-state index in [4.69, 9.17) is 5.73 Å². The van der Waals surface area contributed by atoms with Gasteiger partial charge in [0, 0.05) is 30.9 Å². The summed E-state index contributed by atoms with van der Waals surface area (Å²) < 4.78 is 2.10. The van der Waals surface area contributed by atoms with Crippen molar-refractivity contribution in [3.8, 4) is 0 Å². The van der Waals surface area contributed by atoms with E-state index in [2.05, 4.69) is 20.9 Å². The molecule has 2 aromatic rings. The first kappa shape index (κ1) is 10.7. The highest BCUT2D eigenvalue weighted by Crippen LogP contribution is 2.14. The number of aromatic nitrogens is 2. The van der Waals surface area contributed by atoms with Gasteiger partial charge >= 0.3 is 0 Å². The molecule has 0 amide bonds. The van der Waals surface area contributed by atoms with Gasteiger partial charge in [0.15, 0.2) is 0 Å². The van der Waals surface area contributed by atoms with Crippen LogP contribution in [0.25, 0.3) is 5.65 Å². The summed E-state index contributed by atoms with van der Waals surface area (Å²) in [7, 11) is 0. The molecule has 0 aromatic carbocycles. The third-order valence-corrected chi connectivity index (χ3v) is 3.45. The quantitative estimate of drug-likeness (QED) is 0.830. The van der Waals surface area contributed by atoms with Gasteiger partial charge in [-0.1, -0.05) is 6.07 Å². The minimum Gasteiger partial charge on any atom is -0.325 e. The lowest BCUT2D eigenvalue weighted by atomic mass is 10.1. The van der Waals surface area contributed by atoms with Crippen molar-refractivity contribution in [3.05, 3.63) is 35.8 Å². The molecule has 1 aliphatic heterocycles. The van der Waals surface area contributed by atoms with Gasteiger partial charge in [-0.05, 0) is 31.5 Å². The largest absolute Gasteiger partial charge is 0.325 e. The summed E-state index contributed by atoms with van der Waals surface area (Å²) in [5.74, 6) is 0. The first-order valence-corrected chi connectivity index (χ1v) is 6.26. The molecule has 3 N–H and O–H groups in total. The molecule has 1 saturated heterocycles. The number of pyridine rings is 1. The Balaban J connectivity index is 1.90. The highest BCUT2D eigenvalue weighted by Gasteiger charge is 2.16. The lowest BCUT2D eigenvalue weighted by molar-refractivity contribution is 0.597. The van der Waals surface area contributed by atoms with E-state index >= 15 is 0 Å². The minimum absolute atomic E-state index is 0.550. The fraction of sp³-hybridized carbons (Fsp3) is 0.462. The van der Waals surface area contributed by atoms with Crippen molar-refractivity contribution < 1.29 is 0 Å². The van der Waals surface area contributed by atoms with Gasteiger partial charge in [-0.3, -0.25) is 0 Å². The van der Waals surface area contributed by atoms with E-state index in [1.807, 2.05) is 18.2 Å². The van der Waals surface area contributed by atoms with Gasteiger partial charge in [-0.2, -0.15) is 0 Å². The summed E-state index contributed by atoms with van der Waals surface area (Å²) in [6, 6.07) is 6.69. The Morgan fingerprint density at radius 1 is 1.47 bits per heavy atom. The maximum absolute atomic E-state index is 5.73. The molecule has 1 unspecified atom stereocenters. The molecule has 1 aliphatic rings. The molecular weight excluding hydrogens is 212 g/mol. The van der Waals surface area contributed by atoms with Crippen LogP contribution >= 0.6 is 0 Å². The number of nitrogens with one attached hydrogen (secondary N) is 1. The van der Waals surface area contributed by atoms with Crippen LogP contribution in [-0.4, -0.2) is 22.0 Å². The molecule has 0 bridgehead atoms. The van der Waals surface area contributed by atoms with Crippen molar-refractivity contribution in [2.24, 2.45) is 5.73 Å². The second-order valence-electron chi connectivity index (χ2n) is 4.68. The lowest BCUT2D eigenvalue weighted by Crippen LogP contribution is -2.23. The van der Waals surface area contributed by atoms with E-state index in [1.165, 1.54) is 12.8 Å². The van der Waals surface area contributed by atoms with Gasteiger partial charge in [0.25, 0.3) is 0 Å². The second kappa shape index (κ2) is 4.47. The molecular formula is C13H18N4. The number of hydrogen-bond donors (Lipinski definition) is 2. The zero-order chi connectivity index (χ0) is 11.7. The van der Waals surface area contributed by atoms with E-state index in [9.17, 15) is 0 Å². The van der Waals surface area contributed by atoms with Gasteiger partial charge < -0.3 is 15.5 Å². The van der Waals surface area contributed by atoms with Crippen molar-refractivity contribution in [2.75, 3.05) is 6.54 Å². The molecule has 3 heterocycles. The molecule has 0 aliphatic carbocycles. The van der Waals surface area contributed by atoms with Gasteiger partial charge in [-0.25, -0.2) is 4.98 Å². The summed E-state index contributed by atoms with van der Waals surface area (Å²) in [6.45, 7) is 1.70. The topological polar surface area (TPSA) is 55.3 Å². The van der Waals surface area contributed by atoms with Crippen molar-refractivity contribution in [1.82, 2.24) is 14.7 Å². The SMILES string of the molecule is NCc1cccc2nc(CC3CCCN3)cn12. The minimum atomic E-state index is 0.550. The fourth-order valence-corrected chi connectivity index (χ4v) is 2.57. The molecule has 0 saturated carbocycles. The monoisotopic (exact) mass is 230 g/mol. The average Bonchev–Trinajstić information content (AvgIpc) is 2.97. The predicted molar refractivity (Wildman–Crippen MR) is 67.8 cm³/mol. The zero-order valence-electron chi connectivity index (χ0n) is 9.89. The van der Waals surface area contributed by atoms with Gasteiger partial charge in [-0.15, -0.1) is 0 Å². The number of nitrogens with zero attached hydrogens (tertiary/aromatic N) is 2. The van der Waals surface area contributed by atoms with Crippen LogP contribution < -0.4 is 11.1 Å². The summed E-state index contributed by atoms with van der Waals surface area (Å²) in [5.41, 5.74) is 9.00. The summed E-state index contributed by atoms with van der Waals surface area (Å²) >= 11 is 0. The standard InChI is InChI=1S/C13H18N4/c14-8-12-4-1-5-13-16-11(9-17(12)13)7-10-3-2-6-15-10/h1,4-5,9-10,15H,2-3,6-8,14H2. The highest BCUT2D eigenvalue weighted by molar-refractivity contribution is 5.42. The molecule has 90 valence electrons. The van der Waals surface area contributed by atoms with E-state index < -0.39 is 0 Å². The van der Waals surface area contributed by atoms with Gasteiger partial charge in [0.05, 0.1) is 5.69 Å². The molecule has 4 heteroatoms. The van der Waals surface area contributed by atoms with Crippen molar-refractivity contribution >= 4 is 5.65 Å². The van der Waals surface area contributed by atoms with Crippen molar-refractivity contribution in [3.63, 3.8) is 0 Å². The molecule has 2 aromatic heterocycles. The summed E-state index contributed by atoms with van der Waals surface area (Å²) in [6.07, 6.45) is 5.69. The first-order chi connectivity index (χ1) is 8.36. The lowest BCUT2D eigenvalue weighted by Gasteiger charge is -2.06. The van der Waals surface area contributed by atoms with E-state index in [-0.39, 0.29) is 0 Å². The van der Waals surface area contributed by atoms with Crippen LogP contribution in [0.15, 0.2) is 24.4 Å². The fourth-order valence-electron chi connectivity index (χ4n) is 2.57. The predicted octanol–water partition coefficient (Wildman–Crippen LogP) is 1.09. The summed E-state index contributed by atoms with van der Waals surface area (Å²) in [5, 5.41) is 3.50. The first-order valence-electron chi connectivity index (χ1n) is 6.26. The highest BCUT2D eigenvalue weighted by atomic mass is 15.0. The number of fused-ring (bicyclic) bond motifs is 1. The number of nitrogens with two attached hydrogens (primary N) is 1. The smallest absolute Gasteiger partial charge is 0.137 e. The molecule has 0 radical (unpaired) electrons. The van der Waals surface area contributed by atoms with E-state index in [0.29, 0.717) is 12.6 Å². The maximum atomic E-state index is 5.73. The van der Waals surface area contributed by atoms with Gasteiger partial charge in [0.2, 0.25) is 0 Å². The van der Waals surface area contributed by atoms with Crippen molar-refractivity contribution in [2.45, 2.75) is 31.8 Å². The molecule has 17 heavy (non-hydrogen) atoms. The zero-order valence-corrected chi connectivity index (χ0v) is 9.89. The third-order valence-electron chi connectivity index (χ3n) is 3.45. The van der Waals surface area contributed by atoms with Crippen LogP contribution in [0.3, 0.4) is 0 Å². The Morgan fingerprint density at radius 2 is 2.41 bits per heavy atom. The molecule has 0 spiro atoms. The Morgan fingerprint density at radius 3 is 3.18 bits per heavy atom. The third kappa shape index (κ3) is 2.06. The van der Waals surface area contributed by atoms with E-state index in [1.54, 1.807) is 0 Å². The van der Waals surface area contributed by atoms with Crippen LogP contribution in [0.5, 0.6) is 0 Å². The Labute approximate surface area is 101 Å². The Bertz CT molecular complexity index is 511. The van der Waals surface area contributed by atoms with Crippen LogP contribution in [-0.2, 0) is 13.0 Å². The number of hydrogen-bond acceptors (Lipinski definition) is 3. The Hall–Kier alpha value is -1.39. The normalized spacial score (nSPS) is 20.2. The molecule has 1 fully saturated rings. The van der Waals surface area contributed by atoms with Crippen LogP contribution in [0, 0.1) is 0 Å². The van der Waals surface area contributed by atoms with Crippen molar-refractivity contribution in [1.29, 1.82) is 0 Å². The van der Waals surface area contributed by atoms with Crippen LogP contribution in [0.4, 0.5) is 0 Å². The van der Waals surface area contributed by atoms with E-state index in [0.717, 1.165) is 30.0 Å². The van der Waals surface area contributed by atoms with Crippen LogP contribution in [0.2, 0.25) is 0 Å². The second-order valence-corrected chi connectivity index (χ2v) is 4.68. The van der Waals surface area contributed by atoms with Crippen LogP contribution in [0.1, 0.15) is 24.2 Å². The molecule has 4 nitrogen and oxygen atoms in total. The van der Waals surface area contributed by atoms with Gasteiger partial charge in [0.1, 0.15) is 5.65 Å². The number of rotatable bonds is 3. The summed E-state index contributed by atoms with van der Waals surface area (Å²) in [4.78, 5) is 4.65. The molecule has 3 rings (SSSR count).